The number of aryl methyl sites for hydroxylation is 1. The summed E-state index contributed by atoms with van der Waals surface area (Å²) < 4.78 is 33.3. The van der Waals surface area contributed by atoms with Crippen LogP contribution in [0.3, 0.4) is 0 Å². The molecular weight excluding hydrogens is 569 g/mol. The minimum atomic E-state index is -4.32. The number of hydrogen-bond donors (Lipinski definition) is 3. The van der Waals surface area contributed by atoms with Crippen LogP contribution in [0.2, 0.25) is 0 Å². The Morgan fingerprint density at radius 2 is 1.84 bits per heavy atom. The zero-order valence-corrected chi connectivity index (χ0v) is 23.6. The van der Waals surface area contributed by atoms with Gasteiger partial charge in [-0.1, -0.05) is 36.5 Å². The van der Waals surface area contributed by atoms with Crippen LogP contribution in [-0.2, 0) is 29.6 Å². The first-order chi connectivity index (χ1) is 17.8. The summed E-state index contributed by atoms with van der Waals surface area (Å²) in [5, 5.41) is 22.0. The van der Waals surface area contributed by atoms with Crippen molar-refractivity contribution in [3.05, 3.63) is 79.5 Å². The van der Waals surface area contributed by atoms with E-state index < -0.39 is 10.3 Å². The molecule has 0 fully saturated rings. The Balaban J connectivity index is 1.35. The van der Waals surface area contributed by atoms with Gasteiger partial charge in [-0.2, -0.15) is 8.42 Å². The van der Waals surface area contributed by atoms with Gasteiger partial charge in [0.15, 0.2) is 0 Å². The minimum Gasteiger partial charge on any atom is -0.351 e. The number of anilines is 2. The molecule has 0 aliphatic carbocycles. The van der Waals surface area contributed by atoms with E-state index in [0.717, 1.165) is 43.3 Å². The van der Waals surface area contributed by atoms with Gasteiger partial charge in [-0.3, -0.25) is 9.27 Å². The average molecular weight is 591 g/mol. The van der Waals surface area contributed by atoms with Gasteiger partial charge in [0.1, 0.15) is 10.0 Å². The fourth-order valence-corrected chi connectivity index (χ4v) is 7.24. The number of aromatic nitrogens is 4. The molecule has 0 spiro atoms. The Hall–Kier alpha value is -2.75. The Labute approximate surface area is 230 Å². The van der Waals surface area contributed by atoms with Gasteiger partial charge in [0.2, 0.25) is 5.13 Å². The highest BCUT2D eigenvalue weighted by Gasteiger charge is 2.20. The number of thiazole rings is 2. The van der Waals surface area contributed by atoms with Crippen molar-refractivity contribution in [2.45, 2.75) is 32.2 Å². The molecule has 0 bridgehead atoms. The van der Waals surface area contributed by atoms with Gasteiger partial charge in [-0.05, 0) is 42.0 Å². The van der Waals surface area contributed by atoms with Crippen LogP contribution >= 0.6 is 45.3 Å². The molecule has 0 saturated heterocycles. The van der Waals surface area contributed by atoms with Gasteiger partial charge < -0.3 is 5.32 Å². The van der Waals surface area contributed by atoms with Gasteiger partial charge in [0, 0.05) is 17.2 Å². The van der Waals surface area contributed by atoms with Crippen molar-refractivity contribution in [1.29, 1.82) is 0 Å². The van der Waals surface area contributed by atoms with Crippen LogP contribution in [0.15, 0.2) is 52.5 Å². The molecule has 1 aromatic carbocycles. The average Bonchev–Trinajstić information content (AvgIpc) is 3.66. The highest BCUT2D eigenvalue weighted by Crippen LogP contribution is 2.33. The van der Waals surface area contributed by atoms with E-state index in [1.807, 2.05) is 29.0 Å². The predicted molar refractivity (Wildman–Crippen MR) is 151 cm³/mol. The SMILES string of the molecule is CCc1nc(Cc2nnc(NC(Cc3ccc(NS(=O)(=O)O)cc3)c3csc(-c4cccs4)n3)s2)cs1. The normalized spacial score (nSPS) is 12.5. The van der Waals surface area contributed by atoms with Crippen molar-refractivity contribution in [1.82, 2.24) is 20.2 Å². The molecule has 0 amide bonds. The second-order valence-corrected chi connectivity index (χ2v) is 13.0. The van der Waals surface area contributed by atoms with E-state index in [0.29, 0.717) is 18.0 Å². The van der Waals surface area contributed by atoms with Crippen molar-refractivity contribution < 1.29 is 13.0 Å². The van der Waals surface area contributed by atoms with E-state index in [9.17, 15) is 8.42 Å². The lowest BCUT2D eigenvalue weighted by Gasteiger charge is -2.16. The lowest BCUT2D eigenvalue weighted by molar-refractivity contribution is 0.489. The zero-order chi connectivity index (χ0) is 25.8. The lowest BCUT2D eigenvalue weighted by Crippen LogP contribution is -2.14. The Morgan fingerprint density at radius 1 is 1.00 bits per heavy atom. The van der Waals surface area contributed by atoms with E-state index in [2.05, 4.69) is 43.6 Å². The highest BCUT2D eigenvalue weighted by atomic mass is 32.2. The molecule has 0 radical (unpaired) electrons. The third kappa shape index (κ3) is 6.97. The van der Waals surface area contributed by atoms with Crippen LogP contribution in [0.25, 0.3) is 9.88 Å². The maximum atomic E-state index is 11.1. The molecule has 1 atom stereocenters. The van der Waals surface area contributed by atoms with Gasteiger partial charge in [-0.25, -0.2) is 9.97 Å². The molecule has 14 heteroatoms. The van der Waals surface area contributed by atoms with Crippen LogP contribution < -0.4 is 10.0 Å². The Morgan fingerprint density at radius 3 is 2.54 bits per heavy atom. The van der Waals surface area contributed by atoms with Gasteiger partial charge in [0.05, 0.1) is 33.0 Å². The fourth-order valence-electron chi connectivity index (χ4n) is 3.56. The Bertz CT molecular complexity index is 1560. The van der Waals surface area contributed by atoms with E-state index in [4.69, 9.17) is 9.54 Å². The van der Waals surface area contributed by atoms with Crippen molar-refractivity contribution >= 4 is 66.5 Å². The molecule has 192 valence electrons. The molecule has 1 unspecified atom stereocenters. The second kappa shape index (κ2) is 11.3. The summed E-state index contributed by atoms with van der Waals surface area (Å²) in [7, 11) is -4.32. The minimum absolute atomic E-state index is 0.183. The molecule has 4 heterocycles. The smallest absolute Gasteiger partial charge is 0.351 e. The molecule has 37 heavy (non-hydrogen) atoms. The third-order valence-electron chi connectivity index (χ3n) is 5.25. The molecule has 3 N–H and O–H groups in total. The number of benzene rings is 1. The number of rotatable bonds is 11. The molecular formula is C23H22N6O3S5. The summed E-state index contributed by atoms with van der Waals surface area (Å²) in [5.74, 6) is 0. The zero-order valence-electron chi connectivity index (χ0n) is 19.5. The molecule has 9 nitrogen and oxygen atoms in total. The topological polar surface area (TPSA) is 130 Å². The number of nitrogens with one attached hydrogen (secondary N) is 2. The van der Waals surface area contributed by atoms with E-state index in [-0.39, 0.29) is 11.7 Å². The monoisotopic (exact) mass is 590 g/mol. The number of thiophene rings is 1. The van der Waals surface area contributed by atoms with E-state index in [1.54, 1.807) is 46.1 Å². The van der Waals surface area contributed by atoms with Gasteiger partial charge in [0.25, 0.3) is 0 Å². The number of nitrogens with zero attached hydrogens (tertiary/aromatic N) is 4. The van der Waals surface area contributed by atoms with E-state index >= 15 is 0 Å². The lowest BCUT2D eigenvalue weighted by atomic mass is 10.0. The largest absolute Gasteiger partial charge is 0.357 e. The van der Waals surface area contributed by atoms with Crippen LogP contribution in [-0.4, -0.2) is 33.1 Å². The first-order valence-corrected chi connectivity index (χ1v) is 16.1. The van der Waals surface area contributed by atoms with E-state index in [1.165, 1.54) is 11.3 Å². The Kier molecular flexibility index (Phi) is 7.92. The summed E-state index contributed by atoms with van der Waals surface area (Å²) in [6.45, 7) is 2.09. The second-order valence-electron chi connectivity index (χ2n) is 7.99. The quantitative estimate of drug-likeness (QED) is 0.161. The van der Waals surface area contributed by atoms with Crippen LogP contribution in [0.4, 0.5) is 10.8 Å². The summed E-state index contributed by atoms with van der Waals surface area (Å²) in [6.07, 6.45) is 2.14. The first kappa shape index (κ1) is 25.9. The molecule has 4 aromatic heterocycles. The van der Waals surface area contributed by atoms with Gasteiger partial charge >= 0.3 is 10.3 Å². The third-order valence-corrected chi connectivity index (χ3v) is 9.54. The maximum Gasteiger partial charge on any atom is 0.357 e. The molecule has 0 saturated carbocycles. The molecule has 0 aliphatic heterocycles. The number of hydrogen-bond acceptors (Lipinski definition) is 11. The predicted octanol–water partition coefficient (Wildman–Crippen LogP) is 5.94. The maximum absolute atomic E-state index is 11.1. The summed E-state index contributed by atoms with van der Waals surface area (Å²) in [6, 6.07) is 10.7. The summed E-state index contributed by atoms with van der Waals surface area (Å²) in [4.78, 5) is 10.6. The van der Waals surface area contributed by atoms with Crippen LogP contribution in [0, 0.1) is 0 Å². The highest BCUT2D eigenvalue weighted by molar-refractivity contribution is 7.87. The standard InChI is InChI=1S/C23H22N6O3S5/c1-2-20-24-16(12-34-20)11-21-27-28-23(36-21)26-17(18-13-35-22(25-18)19-4-3-9-33-19)10-14-5-7-15(8-6-14)29-37(30,31)32/h3-9,12-13,17,29H,2,10-11H2,1H3,(H,26,28)(H,30,31,32). The summed E-state index contributed by atoms with van der Waals surface area (Å²) >= 11 is 6.40. The van der Waals surface area contributed by atoms with Crippen molar-refractivity contribution in [3.63, 3.8) is 0 Å². The van der Waals surface area contributed by atoms with Crippen molar-refractivity contribution in [2.75, 3.05) is 10.0 Å². The molecule has 5 aromatic rings. The molecule has 5 rings (SSSR count). The first-order valence-electron chi connectivity index (χ1n) is 11.2. The summed E-state index contributed by atoms with van der Waals surface area (Å²) in [5.41, 5.74) is 3.13. The van der Waals surface area contributed by atoms with Crippen LogP contribution in [0.1, 0.15) is 39.9 Å². The fraction of sp³-hybridized carbons (Fsp3) is 0.217. The van der Waals surface area contributed by atoms with Crippen molar-refractivity contribution in [2.24, 2.45) is 0 Å². The van der Waals surface area contributed by atoms with Crippen molar-refractivity contribution in [3.8, 4) is 9.88 Å². The van der Waals surface area contributed by atoms with Gasteiger partial charge in [-0.15, -0.1) is 44.2 Å². The molecule has 0 aliphatic rings. The van der Waals surface area contributed by atoms with Crippen LogP contribution in [0.5, 0.6) is 0 Å².